The van der Waals surface area contributed by atoms with Gasteiger partial charge in [-0.3, -0.25) is 0 Å². The summed E-state index contributed by atoms with van der Waals surface area (Å²) in [6.45, 7) is 4.88. The van der Waals surface area contributed by atoms with E-state index in [4.69, 9.17) is 15.2 Å². The zero-order valence-electron chi connectivity index (χ0n) is 10.7. The summed E-state index contributed by atoms with van der Waals surface area (Å²) in [5, 5.41) is 7.88. The first kappa shape index (κ1) is 13.9. The van der Waals surface area contributed by atoms with Crippen molar-refractivity contribution in [2.45, 2.75) is 32.7 Å². The van der Waals surface area contributed by atoms with Crippen molar-refractivity contribution in [3.63, 3.8) is 0 Å². The van der Waals surface area contributed by atoms with Gasteiger partial charge in [0.15, 0.2) is 5.82 Å². The van der Waals surface area contributed by atoms with Gasteiger partial charge in [0.2, 0.25) is 0 Å². The van der Waals surface area contributed by atoms with Crippen molar-refractivity contribution < 1.29 is 9.47 Å². The molecule has 1 heterocycles. The molecule has 0 bridgehead atoms. The molecule has 0 aliphatic carbocycles. The van der Waals surface area contributed by atoms with E-state index in [2.05, 4.69) is 17.2 Å². The minimum absolute atomic E-state index is 0.534. The van der Waals surface area contributed by atoms with Gasteiger partial charge in [0.25, 0.3) is 0 Å². The number of aromatic nitrogens is 3. The van der Waals surface area contributed by atoms with Crippen LogP contribution in [0.15, 0.2) is 0 Å². The molecular formula is C11H22N4O2. The van der Waals surface area contributed by atoms with Crippen molar-refractivity contribution in [1.29, 1.82) is 0 Å². The van der Waals surface area contributed by atoms with Crippen molar-refractivity contribution in [3.05, 3.63) is 5.69 Å². The third kappa shape index (κ3) is 4.70. The Morgan fingerprint density at radius 3 is 2.82 bits per heavy atom. The minimum atomic E-state index is 0.534. The van der Waals surface area contributed by atoms with Crippen LogP contribution in [0, 0.1) is 0 Å². The molecule has 0 aromatic carbocycles. The Kier molecular flexibility index (Phi) is 6.57. The van der Waals surface area contributed by atoms with E-state index in [0.717, 1.165) is 31.6 Å². The summed E-state index contributed by atoms with van der Waals surface area (Å²) in [7, 11) is 1.69. The fraction of sp³-hybridized carbons (Fsp3) is 0.818. The predicted octanol–water partition coefficient (Wildman–Crippen LogP) is 0.866. The molecule has 0 radical (unpaired) electrons. The lowest BCUT2D eigenvalue weighted by Gasteiger charge is -2.06. The second kappa shape index (κ2) is 8.03. The summed E-state index contributed by atoms with van der Waals surface area (Å²) in [4.78, 5) is 0. The molecule has 0 saturated carbocycles. The molecule has 1 aromatic heterocycles. The first-order valence-electron chi connectivity index (χ1n) is 6.04. The number of nitrogen functional groups attached to an aromatic ring is 1. The fourth-order valence-electron chi connectivity index (χ4n) is 1.58. The van der Waals surface area contributed by atoms with Gasteiger partial charge in [0.1, 0.15) is 0 Å². The van der Waals surface area contributed by atoms with E-state index in [-0.39, 0.29) is 0 Å². The Morgan fingerprint density at radius 1 is 1.29 bits per heavy atom. The maximum atomic E-state index is 5.75. The number of nitrogens with two attached hydrogens (primary N) is 1. The molecule has 0 spiro atoms. The SMILES string of the molecule is CCCc1c(N)nnn1CCOCCCOC. The van der Waals surface area contributed by atoms with Gasteiger partial charge in [-0.25, -0.2) is 4.68 Å². The molecule has 0 aliphatic heterocycles. The lowest BCUT2D eigenvalue weighted by molar-refractivity contribution is 0.0954. The largest absolute Gasteiger partial charge is 0.385 e. The number of hydrogen-bond acceptors (Lipinski definition) is 5. The Balaban J connectivity index is 2.26. The highest BCUT2D eigenvalue weighted by atomic mass is 16.5. The molecule has 2 N–H and O–H groups in total. The Bertz CT molecular complexity index is 314. The van der Waals surface area contributed by atoms with Gasteiger partial charge in [-0.2, -0.15) is 0 Å². The van der Waals surface area contributed by atoms with Crippen LogP contribution in [0.3, 0.4) is 0 Å². The molecule has 1 rings (SSSR count). The van der Waals surface area contributed by atoms with Crippen molar-refractivity contribution in [1.82, 2.24) is 15.0 Å². The summed E-state index contributed by atoms with van der Waals surface area (Å²) >= 11 is 0. The van der Waals surface area contributed by atoms with Gasteiger partial charge in [0.05, 0.1) is 18.8 Å². The average molecular weight is 242 g/mol. The fourth-order valence-corrected chi connectivity index (χ4v) is 1.58. The molecule has 0 saturated heterocycles. The maximum Gasteiger partial charge on any atom is 0.169 e. The number of rotatable bonds is 9. The van der Waals surface area contributed by atoms with E-state index in [0.29, 0.717) is 25.6 Å². The first-order valence-corrected chi connectivity index (χ1v) is 6.04. The third-order valence-electron chi connectivity index (χ3n) is 2.44. The Morgan fingerprint density at radius 2 is 2.12 bits per heavy atom. The van der Waals surface area contributed by atoms with Crippen LogP contribution in [0.4, 0.5) is 5.82 Å². The third-order valence-corrected chi connectivity index (χ3v) is 2.44. The van der Waals surface area contributed by atoms with Crippen molar-refractivity contribution in [2.75, 3.05) is 32.7 Å². The van der Waals surface area contributed by atoms with Crippen LogP contribution in [-0.4, -0.2) is 41.9 Å². The standard InChI is InChI=1S/C11H22N4O2/c1-3-5-10-11(12)13-14-15(10)6-9-17-8-4-7-16-2/h3-9,12H2,1-2H3. The molecule has 6 nitrogen and oxygen atoms in total. The zero-order chi connectivity index (χ0) is 12.5. The monoisotopic (exact) mass is 242 g/mol. The van der Waals surface area contributed by atoms with E-state index in [1.54, 1.807) is 7.11 Å². The van der Waals surface area contributed by atoms with Crippen LogP contribution >= 0.6 is 0 Å². The molecular weight excluding hydrogens is 220 g/mol. The van der Waals surface area contributed by atoms with E-state index in [1.165, 1.54) is 0 Å². The maximum absolute atomic E-state index is 5.75. The van der Waals surface area contributed by atoms with Gasteiger partial charge in [-0.05, 0) is 12.8 Å². The molecule has 17 heavy (non-hydrogen) atoms. The summed E-state index contributed by atoms with van der Waals surface area (Å²) in [6.07, 6.45) is 2.85. The Labute approximate surface area is 102 Å². The van der Waals surface area contributed by atoms with Crippen LogP contribution in [0.25, 0.3) is 0 Å². The molecule has 0 unspecified atom stereocenters. The number of hydrogen-bond donors (Lipinski definition) is 1. The number of methoxy groups -OCH3 is 1. The summed E-state index contributed by atoms with van der Waals surface area (Å²) < 4.78 is 12.2. The van der Waals surface area contributed by atoms with Gasteiger partial charge >= 0.3 is 0 Å². The number of anilines is 1. The molecule has 6 heteroatoms. The Hall–Kier alpha value is -1.14. The molecule has 0 aliphatic rings. The smallest absolute Gasteiger partial charge is 0.169 e. The minimum Gasteiger partial charge on any atom is -0.385 e. The second-order valence-electron chi connectivity index (χ2n) is 3.85. The average Bonchev–Trinajstić information content (AvgIpc) is 2.66. The molecule has 1 aromatic rings. The molecule has 98 valence electrons. The van der Waals surface area contributed by atoms with Crippen molar-refractivity contribution in [2.24, 2.45) is 0 Å². The van der Waals surface area contributed by atoms with Crippen LogP contribution in [0.5, 0.6) is 0 Å². The lowest BCUT2D eigenvalue weighted by atomic mass is 10.2. The van der Waals surface area contributed by atoms with Gasteiger partial charge in [0, 0.05) is 20.3 Å². The zero-order valence-corrected chi connectivity index (χ0v) is 10.7. The van der Waals surface area contributed by atoms with Crippen molar-refractivity contribution >= 4 is 5.82 Å². The van der Waals surface area contributed by atoms with Crippen LogP contribution in [0.1, 0.15) is 25.5 Å². The number of ether oxygens (including phenoxy) is 2. The topological polar surface area (TPSA) is 75.2 Å². The highest BCUT2D eigenvalue weighted by Gasteiger charge is 2.08. The van der Waals surface area contributed by atoms with E-state index in [1.807, 2.05) is 4.68 Å². The first-order chi connectivity index (χ1) is 8.29. The summed E-state index contributed by atoms with van der Waals surface area (Å²) in [5.41, 5.74) is 6.75. The summed E-state index contributed by atoms with van der Waals surface area (Å²) in [6, 6.07) is 0. The van der Waals surface area contributed by atoms with E-state index in [9.17, 15) is 0 Å². The van der Waals surface area contributed by atoms with Crippen LogP contribution < -0.4 is 5.73 Å². The van der Waals surface area contributed by atoms with E-state index >= 15 is 0 Å². The highest BCUT2D eigenvalue weighted by Crippen LogP contribution is 2.09. The molecule has 0 atom stereocenters. The lowest BCUT2D eigenvalue weighted by Crippen LogP contribution is -2.12. The highest BCUT2D eigenvalue weighted by molar-refractivity contribution is 5.32. The van der Waals surface area contributed by atoms with Gasteiger partial charge in [-0.15, -0.1) is 5.10 Å². The van der Waals surface area contributed by atoms with Gasteiger partial charge in [-0.1, -0.05) is 18.6 Å². The molecule has 0 amide bonds. The van der Waals surface area contributed by atoms with E-state index < -0.39 is 0 Å². The normalized spacial score (nSPS) is 10.9. The predicted molar refractivity (Wildman–Crippen MR) is 65.7 cm³/mol. The van der Waals surface area contributed by atoms with Crippen molar-refractivity contribution in [3.8, 4) is 0 Å². The molecule has 0 fully saturated rings. The van der Waals surface area contributed by atoms with Crippen LogP contribution in [0.2, 0.25) is 0 Å². The second-order valence-corrected chi connectivity index (χ2v) is 3.85. The number of nitrogens with zero attached hydrogens (tertiary/aromatic N) is 3. The summed E-state index contributed by atoms with van der Waals surface area (Å²) in [5.74, 6) is 0.534. The quantitative estimate of drug-likeness (QED) is 0.650. The van der Waals surface area contributed by atoms with Crippen LogP contribution in [-0.2, 0) is 22.4 Å². The van der Waals surface area contributed by atoms with Gasteiger partial charge < -0.3 is 15.2 Å².